The molecule has 0 aliphatic rings. The Hall–Kier alpha value is -0.400. The Bertz CT molecular complexity index is 236. The molecule has 0 amide bonds. The Kier molecular flexibility index (Phi) is 14.7. The van der Waals surface area contributed by atoms with Gasteiger partial charge >= 0.3 is 5.43 Å². The van der Waals surface area contributed by atoms with E-state index in [4.69, 9.17) is 23.2 Å². The fourth-order valence-corrected chi connectivity index (χ4v) is 1.74. The van der Waals surface area contributed by atoms with Gasteiger partial charge in [0.1, 0.15) is 0 Å². The Morgan fingerprint density at radius 2 is 1.30 bits per heavy atom. The first-order valence-electron chi connectivity index (χ1n) is 6.63. The van der Waals surface area contributed by atoms with Crippen LogP contribution in [0.25, 0.3) is 0 Å². The van der Waals surface area contributed by atoms with Crippen LogP contribution >= 0.6 is 23.2 Å². The van der Waals surface area contributed by atoms with Crippen LogP contribution in [0.3, 0.4) is 0 Å². The topological polar surface area (TPSA) is 71.1 Å². The maximum atomic E-state index is 10.5. The average Bonchev–Trinajstić information content (AvgIpc) is 2.38. The summed E-state index contributed by atoms with van der Waals surface area (Å²) in [4.78, 5) is 28.9. The van der Waals surface area contributed by atoms with Crippen molar-refractivity contribution in [3.05, 3.63) is 0 Å². The van der Waals surface area contributed by atoms with Crippen LogP contribution < -0.4 is 0 Å². The Morgan fingerprint density at radius 3 is 1.85 bits per heavy atom. The molecule has 0 aromatic carbocycles. The summed E-state index contributed by atoms with van der Waals surface area (Å²) in [5.74, 6) is 0. The zero-order valence-electron chi connectivity index (χ0n) is 11.3. The van der Waals surface area contributed by atoms with Gasteiger partial charge in [-0.1, -0.05) is 38.5 Å². The molecule has 0 fully saturated rings. The number of hydrogen-bond acceptors (Lipinski definition) is 6. The van der Waals surface area contributed by atoms with Gasteiger partial charge < -0.3 is 0 Å². The zero-order valence-corrected chi connectivity index (χ0v) is 12.8. The van der Waals surface area contributed by atoms with Gasteiger partial charge in [-0.05, 0) is 29.5 Å². The third-order valence-electron chi connectivity index (χ3n) is 2.53. The van der Waals surface area contributed by atoms with Crippen molar-refractivity contribution in [1.82, 2.24) is 0 Å². The number of halogens is 2. The molecule has 0 atom stereocenters. The van der Waals surface area contributed by atoms with E-state index >= 15 is 0 Å². The molecule has 0 N–H and O–H groups in total. The minimum absolute atomic E-state index is 0.253. The fraction of sp³-hybridized carbons (Fsp3) is 0.833. The summed E-state index contributed by atoms with van der Waals surface area (Å²) >= 11 is 10.0. The molecule has 20 heavy (non-hydrogen) atoms. The van der Waals surface area contributed by atoms with Gasteiger partial charge in [-0.3, -0.25) is 4.79 Å². The minimum atomic E-state index is -1.14. The van der Waals surface area contributed by atoms with Crippen molar-refractivity contribution in [3.8, 4) is 0 Å². The monoisotopic (exact) mass is 330 g/mol. The second-order valence-electron chi connectivity index (χ2n) is 4.21. The normalized spacial score (nSPS) is 10.5. The van der Waals surface area contributed by atoms with Gasteiger partial charge in [0, 0.05) is 23.1 Å². The molecule has 0 bridgehead atoms. The van der Waals surface area contributed by atoms with Crippen LogP contribution in [0.5, 0.6) is 0 Å². The van der Waals surface area contributed by atoms with Crippen molar-refractivity contribution >= 4 is 33.9 Å². The predicted octanol–water partition coefficient (Wildman–Crippen LogP) is 4.43. The lowest BCUT2D eigenvalue weighted by molar-refractivity contribution is -0.614. The smallest absolute Gasteiger partial charge is 0.281 e. The molecule has 0 radical (unpaired) electrons. The highest BCUT2D eigenvalue weighted by Gasteiger charge is 1.98. The van der Waals surface area contributed by atoms with Gasteiger partial charge in [0.05, 0.1) is 6.61 Å². The summed E-state index contributed by atoms with van der Waals surface area (Å²) in [6, 6.07) is 0. The number of carbonyl (C=O) groups excluding carboxylic acids is 2. The van der Waals surface area contributed by atoms with E-state index in [0.29, 0.717) is 13.0 Å². The Morgan fingerprint density at radius 1 is 0.750 bits per heavy atom. The lowest BCUT2D eigenvalue weighted by Crippen LogP contribution is -2.01. The lowest BCUT2D eigenvalue weighted by Gasteiger charge is -2.02. The van der Waals surface area contributed by atoms with Gasteiger partial charge in [0.15, 0.2) is 0 Å². The first-order chi connectivity index (χ1) is 9.63. The van der Waals surface area contributed by atoms with Crippen LogP contribution in [-0.2, 0) is 24.6 Å². The second kappa shape index (κ2) is 15.0. The maximum Gasteiger partial charge on any atom is 0.438 e. The molecule has 0 aromatic heterocycles. The van der Waals surface area contributed by atoms with Crippen LogP contribution in [0.2, 0.25) is 0 Å². The van der Waals surface area contributed by atoms with Crippen LogP contribution in [-0.4, -0.2) is 17.3 Å². The Labute approximate surface area is 128 Å². The van der Waals surface area contributed by atoms with Gasteiger partial charge in [0.2, 0.25) is 5.24 Å². The van der Waals surface area contributed by atoms with Crippen LogP contribution in [0.15, 0.2) is 0 Å². The highest BCUT2D eigenvalue weighted by molar-refractivity contribution is 6.63. The quantitative estimate of drug-likeness (QED) is 0.203. The van der Waals surface area contributed by atoms with Crippen molar-refractivity contribution in [2.75, 3.05) is 6.61 Å². The molecule has 0 aliphatic heterocycles. The highest BCUT2D eigenvalue weighted by Crippen LogP contribution is 2.10. The SMILES string of the molecule is O=C(Cl)CCCCCCCCCCOOOOC(=O)Cl. The van der Waals surface area contributed by atoms with Crippen molar-refractivity contribution in [2.45, 2.75) is 57.8 Å². The van der Waals surface area contributed by atoms with E-state index in [2.05, 4.69) is 19.9 Å². The first kappa shape index (κ1) is 19.6. The molecule has 118 valence electrons. The number of rotatable bonds is 14. The van der Waals surface area contributed by atoms with Crippen molar-refractivity contribution in [2.24, 2.45) is 0 Å². The third kappa shape index (κ3) is 17.6. The molecule has 0 aliphatic carbocycles. The molecule has 0 saturated carbocycles. The molecule has 0 spiro atoms. The number of unbranched alkanes of at least 4 members (excludes halogenated alkanes) is 7. The fourth-order valence-electron chi connectivity index (χ4n) is 1.58. The lowest BCUT2D eigenvalue weighted by atomic mass is 10.1. The third-order valence-corrected chi connectivity index (χ3v) is 2.78. The van der Waals surface area contributed by atoms with Crippen LogP contribution in [0, 0.1) is 0 Å². The molecule has 0 rings (SSSR count). The summed E-state index contributed by atoms with van der Waals surface area (Å²) in [6.07, 6.45) is 8.76. The minimum Gasteiger partial charge on any atom is -0.281 e. The molecular formula is C12H20Cl2O6. The van der Waals surface area contributed by atoms with Crippen LogP contribution in [0.1, 0.15) is 57.8 Å². The summed E-state index contributed by atoms with van der Waals surface area (Å²) in [6.45, 7) is 0.345. The van der Waals surface area contributed by atoms with E-state index < -0.39 is 5.43 Å². The molecule has 0 saturated heterocycles. The highest BCUT2D eigenvalue weighted by atomic mass is 35.5. The molecule has 6 nitrogen and oxygen atoms in total. The van der Waals surface area contributed by atoms with Crippen molar-refractivity contribution in [1.29, 1.82) is 0 Å². The van der Waals surface area contributed by atoms with Crippen molar-refractivity contribution < 1.29 is 29.4 Å². The molecular weight excluding hydrogens is 311 g/mol. The largest absolute Gasteiger partial charge is 0.438 e. The predicted molar refractivity (Wildman–Crippen MR) is 72.9 cm³/mol. The van der Waals surface area contributed by atoms with E-state index in [-0.39, 0.29) is 5.24 Å². The van der Waals surface area contributed by atoms with E-state index in [1.165, 1.54) is 0 Å². The second-order valence-corrected chi connectivity index (χ2v) is 4.94. The van der Waals surface area contributed by atoms with Gasteiger partial charge in [0.25, 0.3) is 0 Å². The van der Waals surface area contributed by atoms with E-state index in [1.54, 1.807) is 0 Å². The maximum absolute atomic E-state index is 10.5. The van der Waals surface area contributed by atoms with Crippen LogP contribution in [0.4, 0.5) is 4.79 Å². The molecule has 0 unspecified atom stereocenters. The summed E-state index contributed by atoms with van der Waals surface area (Å²) in [5, 5.41) is 7.67. The summed E-state index contributed by atoms with van der Waals surface area (Å²) in [5.41, 5.74) is -1.14. The van der Waals surface area contributed by atoms with E-state index in [1.807, 2.05) is 0 Å². The number of hydrogen-bond donors (Lipinski definition) is 0. The molecule has 0 heterocycles. The van der Waals surface area contributed by atoms with Gasteiger partial charge in [-0.2, -0.15) is 0 Å². The standard InChI is InChI=1S/C12H20Cl2O6/c13-11(15)9-7-5-3-1-2-4-6-8-10-17-19-20-18-12(14)16/h1-10H2. The average molecular weight is 331 g/mol. The van der Waals surface area contributed by atoms with E-state index in [0.717, 1.165) is 51.4 Å². The Balaban J connectivity index is 2.99. The number of carbonyl (C=O) groups is 2. The summed E-state index contributed by atoms with van der Waals surface area (Å²) in [7, 11) is 0. The first-order valence-corrected chi connectivity index (χ1v) is 7.39. The molecule has 8 heteroatoms. The van der Waals surface area contributed by atoms with Gasteiger partial charge in [-0.25, -0.2) is 14.6 Å². The van der Waals surface area contributed by atoms with E-state index in [9.17, 15) is 9.59 Å². The summed E-state index contributed by atoms with van der Waals surface area (Å²) < 4.78 is 0. The van der Waals surface area contributed by atoms with Crippen molar-refractivity contribution in [3.63, 3.8) is 0 Å². The molecule has 0 aromatic rings. The van der Waals surface area contributed by atoms with Gasteiger partial charge in [-0.15, -0.1) is 0 Å². The zero-order chi connectivity index (χ0) is 15.1.